The summed E-state index contributed by atoms with van der Waals surface area (Å²) in [5, 5.41) is 6.02. The number of imide groups is 2. The number of amides is 6. The third kappa shape index (κ3) is 11.8. The van der Waals surface area contributed by atoms with Gasteiger partial charge in [0.2, 0.25) is 17.2 Å². The van der Waals surface area contributed by atoms with E-state index >= 15 is 26.3 Å². The molecule has 0 fully saturated rings. The van der Waals surface area contributed by atoms with Crippen molar-refractivity contribution in [1.82, 2.24) is 5.32 Å². The van der Waals surface area contributed by atoms with Crippen LogP contribution in [-0.4, -0.2) is 47.8 Å². The monoisotopic (exact) mass is 1230 g/mol. The molecule has 10 nitrogen and oxygen atoms in total. The molecule has 0 saturated carbocycles. The van der Waals surface area contributed by atoms with E-state index in [9.17, 15) is 81.5 Å². The Balaban J connectivity index is 0.912. The van der Waals surface area contributed by atoms with Crippen LogP contribution >= 0.6 is 0 Å². The Labute approximate surface area is 475 Å². The van der Waals surface area contributed by atoms with Gasteiger partial charge in [0.05, 0.1) is 50.2 Å². The molecule has 9 rings (SSSR count). The highest BCUT2D eigenvalue weighted by molar-refractivity contribution is 6.34. The van der Waals surface area contributed by atoms with Crippen molar-refractivity contribution >= 4 is 64.7 Å². The molecule has 0 unspecified atom stereocenters. The van der Waals surface area contributed by atoms with Crippen molar-refractivity contribution in [2.24, 2.45) is 0 Å². The van der Waals surface area contributed by atoms with Crippen LogP contribution in [0.1, 0.15) is 85.9 Å². The summed E-state index contributed by atoms with van der Waals surface area (Å²) in [5.74, 6) is -7.83. The molecule has 3 N–H and O–H groups in total. The lowest BCUT2D eigenvalue weighted by atomic mass is 9.71. The molecule has 0 spiro atoms. The second-order valence-corrected chi connectivity index (χ2v) is 19.1. The first-order valence-corrected chi connectivity index (χ1v) is 24.5. The second kappa shape index (κ2) is 21.8. The van der Waals surface area contributed by atoms with Crippen LogP contribution in [0.25, 0.3) is 34.4 Å². The molecule has 2 heterocycles. The number of alkyl halides is 18. The molecule has 7 aromatic carbocycles. The molecule has 0 aliphatic carbocycles. The molecule has 448 valence electrons. The van der Waals surface area contributed by atoms with Crippen LogP contribution in [-0.2, 0) is 39.7 Å². The number of carbonyl (C=O) groups excluding carboxylic acids is 6. The zero-order valence-electron chi connectivity index (χ0n) is 42.8. The van der Waals surface area contributed by atoms with Crippen molar-refractivity contribution in [3.05, 3.63) is 218 Å². The van der Waals surface area contributed by atoms with Gasteiger partial charge in [0, 0.05) is 23.5 Å². The van der Waals surface area contributed by atoms with Crippen molar-refractivity contribution in [3.63, 3.8) is 0 Å². The van der Waals surface area contributed by atoms with E-state index < -0.39 is 173 Å². The fourth-order valence-corrected chi connectivity index (χ4v) is 9.81. The van der Waals surface area contributed by atoms with E-state index in [1.807, 2.05) is 0 Å². The summed E-state index contributed by atoms with van der Waals surface area (Å²) in [7, 11) is 0. The van der Waals surface area contributed by atoms with Crippen LogP contribution in [0.4, 0.5) is 96.1 Å². The number of hydrogen-bond donors (Lipinski definition) is 3. The Morgan fingerprint density at radius 2 is 0.759 bits per heavy atom. The lowest BCUT2D eigenvalue weighted by Gasteiger charge is -2.38. The molecular formula is C59H30F18N4O6. The number of nitrogens with zero attached hydrogens (tertiary/aromatic N) is 1. The molecule has 87 heavy (non-hydrogen) atoms. The first kappa shape index (κ1) is 61.5. The smallest absolute Gasteiger partial charge is 0.322 e. The number of fused-ring (bicyclic) bond motifs is 2. The van der Waals surface area contributed by atoms with Gasteiger partial charge in [0.1, 0.15) is 0 Å². The van der Waals surface area contributed by atoms with Crippen LogP contribution in [0, 0.1) is 0 Å². The Hall–Kier alpha value is -10.0. The van der Waals surface area contributed by atoms with E-state index in [1.165, 1.54) is 30.3 Å². The summed E-state index contributed by atoms with van der Waals surface area (Å²) in [6, 6.07) is 15.5. The van der Waals surface area contributed by atoms with Crippen molar-refractivity contribution < 1.29 is 108 Å². The van der Waals surface area contributed by atoms with Crippen molar-refractivity contribution in [3.8, 4) is 22.3 Å². The number of carbonyl (C=O) groups is 6. The van der Waals surface area contributed by atoms with E-state index in [-0.39, 0.29) is 46.9 Å². The van der Waals surface area contributed by atoms with E-state index in [2.05, 4.69) is 10.6 Å². The van der Waals surface area contributed by atoms with Gasteiger partial charge in [-0.25, -0.2) is 4.90 Å². The lowest BCUT2D eigenvalue weighted by Crippen LogP contribution is -2.55. The zero-order chi connectivity index (χ0) is 63.7. The number of nitrogens with one attached hydrogen (secondary N) is 3. The van der Waals surface area contributed by atoms with Crippen LogP contribution in [0.2, 0.25) is 0 Å². The molecule has 28 heteroatoms. The highest BCUT2D eigenvalue weighted by Gasteiger charge is 2.73. The average Bonchev–Trinajstić information content (AvgIpc) is 1.66. The van der Waals surface area contributed by atoms with Crippen molar-refractivity contribution in [2.45, 2.75) is 42.5 Å². The zero-order valence-corrected chi connectivity index (χ0v) is 42.8. The Morgan fingerprint density at radius 3 is 1.22 bits per heavy atom. The highest BCUT2D eigenvalue weighted by Crippen LogP contribution is 2.57. The summed E-state index contributed by atoms with van der Waals surface area (Å²) in [4.78, 5) is 77.3. The molecule has 2 aliphatic rings. The first-order chi connectivity index (χ1) is 40.4. The largest absolute Gasteiger partial charge is 0.417 e. The first-order valence-electron chi connectivity index (χ1n) is 24.5. The highest BCUT2D eigenvalue weighted by atomic mass is 19.4. The predicted octanol–water partition coefficient (Wildman–Crippen LogP) is 15.5. The van der Waals surface area contributed by atoms with Gasteiger partial charge in [-0.15, -0.1) is 0 Å². The number of rotatable bonds is 11. The van der Waals surface area contributed by atoms with Gasteiger partial charge in [-0.2, -0.15) is 79.0 Å². The van der Waals surface area contributed by atoms with Gasteiger partial charge >= 0.3 is 37.1 Å². The minimum atomic E-state index is -6.35. The molecule has 0 radical (unpaired) electrons. The van der Waals surface area contributed by atoms with Gasteiger partial charge in [-0.1, -0.05) is 72.8 Å². The van der Waals surface area contributed by atoms with E-state index in [4.69, 9.17) is 0 Å². The molecule has 0 bridgehead atoms. The van der Waals surface area contributed by atoms with Crippen LogP contribution in [0.3, 0.4) is 0 Å². The molecule has 0 saturated heterocycles. The maximum atomic E-state index is 15.1. The minimum Gasteiger partial charge on any atom is -0.322 e. The maximum absolute atomic E-state index is 15.1. The van der Waals surface area contributed by atoms with Crippen LogP contribution in [0.15, 0.2) is 152 Å². The molecule has 2 aliphatic heterocycles. The third-order valence-electron chi connectivity index (χ3n) is 13.7. The van der Waals surface area contributed by atoms with Gasteiger partial charge in [-0.3, -0.25) is 34.1 Å². The quantitative estimate of drug-likeness (QED) is 0.0669. The Kier molecular flexibility index (Phi) is 15.4. The van der Waals surface area contributed by atoms with Crippen molar-refractivity contribution in [1.29, 1.82) is 0 Å². The van der Waals surface area contributed by atoms with Gasteiger partial charge in [0.25, 0.3) is 23.6 Å². The van der Waals surface area contributed by atoms with Crippen LogP contribution in [0.5, 0.6) is 0 Å². The number of hydrogen-bond acceptors (Lipinski definition) is 6. The molecule has 0 atom stereocenters. The third-order valence-corrected chi connectivity index (χ3v) is 13.7. The van der Waals surface area contributed by atoms with E-state index in [1.54, 1.807) is 5.32 Å². The lowest BCUT2D eigenvalue weighted by molar-refractivity contribution is -0.288. The van der Waals surface area contributed by atoms with Crippen LogP contribution < -0.4 is 20.9 Å². The number of benzene rings is 7. The standard InChI is InChI=1S/C59H30F18N4O6/c60-54(61,62)43-4-2-1-3-35(43)36-18-13-32(25-44(36)55(63,64)65)78-47(82)21-9-28-5-7-29(8-6-28)10-22-48(83)79-33-14-19-37(45(26-33)56(66,67)68)38-20-15-34(27-46(38)57(69,70)71)81-51(86)40-17-12-31(24-42(40)52(81)87)53(58(72,73)74,59(75,76)77)30-11-16-39-41(23-30)50(85)80-49(39)84/h1-27H,(H,78,82)(H,79,83)(H,80,84,85)/b21-9+,22-10+. The predicted molar refractivity (Wildman–Crippen MR) is 274 cm³/mol. The van der Waals surface area contributed by atoms with E-state index in [0.29, 0.717) is 48.0 Å². The van der Waals surface area contributed by atoms with Gasteiger partial charge < -0.3 is 10.6 Å². The molecular weight excluding hydrogens is 1200 g/mol. The molecule has 0 aromatic heterocycles. The minimum absolute atomic E-state index is 0.0277. The second-order valence-electron chi connectivity index (χ2n) is 19.1. The SMILES string of the molecule is O=C(/C=C/c1ccc(/C=C/C(=O)Nc2ccc(-c3ccc(N4C(=O)c5ccc(C(c6ccc7c(c6)C(=O)NC7=O)(C(F)(F)F)C(F)(F)F)cc5C4=O)cc3C(F)(F)F)c(C(F)(F)F)c2)cc1)Nc1ccc(-c2ccccc2C(F)(F)F)c(C(F)(F)F)c1. The number of halogens is 18. The summed E-state index contributed by atoms with van der Waals surface area (Å²) >= 11 is 0. The fourth-order valence-electron chi connectivity index (χ4n) is 9.81. The molecule has 6 amide bonds. The number of anilines is 3. The van der Waals surface area contributed by atoms with E-state index in [0.717, 1.165) is 54.6 Å². The Morgan fingerprint density at radius 1 is 0.379 bits per heavy atom. The van der Waals surface area contributed by atoms with Crippen molar-refractivity contribution in [2.75, 3.05) is 15.5 Å². The summed E-state index contributed by atoms with van der Waals surface area (Å²) in [5.41, 5.74) is -23.9. The fraction of sp³-hybridized carbons (Fsp3) is 0.119. The summed E-state index contributed by atoms with van der Waals surface area (Å²) in [6.07, 6.45) is -29.8. The topological polar surface area (TPSA) is 142 Å². The average molecular weight is 1230 g/mol. The normalized spacial score (nSPS) is 14.3. The molecule has 7 aromatic rings. The van der Waals surface area contributed by atoms with Gasteiger partial charge in [-0.05, 0) is 123 Å². The van der Waals surface area contributed by atoms with Gasteiger partial charge in [0.15, 0.2) is 0 Å². The Bertz CT molecular complexity index is 4070. The maximum Gasteiger partial charge on any atom is 0.417 e. The summed E-state index contributed by atoms with van der Waals surface area (Å²) < 4.78 is 263. The summed E-state index contributed by atoms with van der Waals surface area (Å²) in [6.45, 7) is 0.